The van der Waals surface area contributed by atoms with Crippen molar-refractivity contribution in [2.24, 2.45) is 5.92 Å². The van der Waals surface area contributed by atoms with E-state index in [1.165, 1.54) is 7.11 Å². The molecule has 3 aliphatic heterocycles. The summed E-state index contributed by atoms with van der Waals surface area (Å²) >= 11 is 0. The number of carbonyl (C=O) groups is 2. The van der Waals surface area contributed by atoms with Crippen molar-refractivity contribution < 1.29 is 19.1 Å². The third-order valence-electron chi connectivity index (χ3n) is 5.54. The van der Waals surface area contributed by atoms with E-state index < -0.39 is 0 Å². The number of nitrogens with zero attached hydrogens (tertiary/aromatic N) is 3. The third kappa shape index (κ3) is 4.00. The molecular formula is C17H29N3O4. The average molecular weight is 339 g/mol. The number of methoxy groups -OCH3 is 1. The molecule has 3 fully saturated rings. The Hall–Kier alpha value is -1.34. The fourth-order valence-electron chi connectivity index (χ4n) is 4.12. The molecule has 0 aliphatic carbocycles. The quantitative estimate of drug-likeness (QED) is 0.744. The zero-order valence-corrected chi connectivity index (χ0v) is 14.6. The summed E-state index contributed by atoms with van der Waals surface area (Å²) in [5.74, 6) is 0.422. The van der Waals surface area contributed by atoms with Gasteiger partial charge in [-0.15, -0.1) is 0 Å². The van der Waals surface area contributed by atoms with E-state index in [1.807, 2.05) is 4.90 Å². The molecule has 0 N–H and O–H groups in total. The smallest absolute Gasteiger partial charge is 0.409 e. The zero-order chi connectivity index (χ0) is 16.9. The first-order valence-corrected chi connectivity index (χ1v) is 9.12. The second kappa shape index (κ2) is 8.16. The maximum absolute atomic E-state index is 12.7. The van der Waals surface area contributed by atoms with Crippen molar-refractivity contribution in [3.63, 3.8) is 0 Å². The lowest BCUT2D eigenvalue weighted by Gasteiger charge is -2.42. The van der Waals surface area contributed by atoms with E-state index in [2.05, 4.69) is 4.90 Å². The number of amides is 2. The molecule has 2 amide bonds. The van der Waals surface area contributed by atoms with Crippen LogP contribution in [0.15, 0.2) is 0 Å². The fourth-order valence-corrected chi connectivity index (χ4v) is 4.12. The van der Waals surface area contributed by atoms with Gasteiger partial charge in [-0.05, 0) is 32.2 Å². The van der Waals surface area contributed by atoms with E-state index in [1.54, 1.807) is 4.90 Å². The van der Waals surface area contributed by atoms with Gasteiger partial charge in [0.15, 0.2) is 0 Å². The Bertz CT molecular complexity index is 445. The molecular weight excluding hydrogens is 310 g/mol. The molecule has 0 spiro atoms. The molecule has 0 aromatic rings. The largest absolute Gasteiger partial charge is 0.453 e. The number of carbonyl (C=O) groups excluding carboxylic acids is 2. The molecule has 3 rings (SSSR count). The highest BCUT2D eigenvalue weighted by atomic mass is 16.5. The number of piperidine rings is 2. The first kappa shape index (κ1) is 17.5. The molecule has 0 radical (unpaired) electrons. The van der Waals surface area contributed by atoms with Crippen LogP contribution in [-0.2, 0) is 14.3 Å². The van der Waals surface area contributed by atoms with Crippen LogP contribution < -0.4 is 0 Å². The Morgan fingerprint density at radius 2 is 1.67 bits per heavy atom. The van der Waals surface area contributed by atoms with Crippen molar-refractivity contribution in [1.29, 1.82) is 0 Å². The lowest BCUT2D eigenvalue weighted by atomic mass is 9.93. The Labute approximate surface area is 143 Å². The van der Waals surface area contributed by atoms with Crippen LogP contribution in [0.5, 0.6) is 0 Å². The van der Waals surface area contributed by atoms with Crippen molar-refractivity contribution >= 4 is 12.0 Å². The molecule has 3 saturated heterocycles. The van der Waals surface area contributed by atoms with Crippen LogP contribution in [0.25, 0.3) is 0 Å². The summed E-state index contributed by atoms with van der Waals surface area (Å²) in [6.07, 6.45) is 3.78. The molecule has 0 saturated carbocycles. The average Bonchev–Trinajstić information content (AvgIpc) is 2.67. The highest BCUT2D eigenvalue weighted by Crippen LogP contribution is 2.25. The van der Waals surface area contributed by atoms with E-state index >= 15 is 0 Å². The van der Waals surface area contributed by atoms with Crippen molar-refractivity contribution in [3.8, 4) is 0 Å². The minimum atomic E-state index is -0.229. The fraction of sp³-hybridized carbons (Fsp3) is 0.882. The van der Waals surface area contributed by atoms with Gasteiger partial charge in [-0.3, -0.25) is 9.69 Å². The Morgan fingerprint density at radius 1 is 0.958 bits per heavy atom. The highest BCUT2D eigenvalue weighted by molar-refractivity contribution is 5.79. The number of hydrogen-bond acceptors (Lipinski definition) is 5. The number of hydrogen-bond donors (Lipinski definition) is 0. The van der Waals surface area contributed by atoms with Gasteiger partial charge in [-0.25, -0.2) is 4.79 Å². The summed E-state index contributed by atoms with van der Waals surface area (Å²) in [6, 6.07) is 0.478. The van der Waals surface area contributed by atoms with Crippen LogP contribution in [0.2, 0.25) is 0 Å². The lowest BCUT2D eigenvalue weighted by Crippen LogP contribution is -2.53. The van der Waals surface area contributed by atoms with E-state index in [4.69, 9.17) is 9.47 Å². The van der Waals surface area contributed by atoms with Crippen LogP contribution in [0.3, 0.4) is 0 Å². The Balaban J connectivity index is 1.50. The summed E-state index contributed by atoms with van der Waals surface area (Å²) in [5, 5.41) is 0. The molecule has 7 nitrogen and oxygen atoms in total. The Morgan fingerprint density at radius 3 is 2.33 bits per heavy atom. The van der Waals surface area contributed by atoms with E-state index in [-0.39, 0.29) is 12.0 Å². The highest BCUT2D eigenvalue weighted by Gasteiger charge is 2.34. The van der Waals surface area contributed by atoms with Crippen LogP contribution in [0.4, 0.5) is 4.79 Å². The molecule has 0 unspecified atom stereocenters. The van der Waals surface area contributed by atoms with Gasteiger partial charge in [0.05, 0.1) is 26.2 Å². The van der Waals surface area contributed by atoms with Gasteiger partial charge in [0.2, 0.25) is 5.91 Å². The van der Waals surface area contributed by atoms with Crippen LogP contribution in [-0.4, -0.2) is 92.3 Å². The first-order valence-electron chi connectivity index (χ1n) is 9.12. The maximum atomic E-state index is 12.7. The second-order valence-corrected chi connectivity index (χ2v) is 6.96. The molecule has 0 aromatic carbocycles. The molecule has 3 heterocycles. The van der Waals surface area contributed by atoms with Crippen molar-refractivity contribution in [3.05, 3.63) is 0 Å². The molecule has 24 heavy (non-hydrogen) atoms. The lowest BCUT2D eigenvalue weighted by molar-refractivity contribution is -0.141. The first-order chi connectivity index (χ1) is 11.7. The van der Waals surface area contributed by atoms with E-state index in [0.29, 0.717) is 25.2 Å². The predicted octanol–water partition coefficient (Wildman–Crippen LogP) is 0.788. The molecule has 0 aromatic heterocycles. The monoisotopic (exact) mass is 339 g/mol. The van der Waals surface area contributed by atoms with Crippen LogP contribution >= 0.6 is 0 Å². The third-order valence-corrected chi connectivity index (χ3v) is 5.54. The summed E-state index contributed by atoms with van der Waals surface area (Å²) < 4.78 is 10.1. The molecule has 0 bridgehead atoms. The summed E-state index contributed by atoms with van der Waals surface area (Å²) in [5.41, 5.74) is 0. The van der Waals surface area contributed by atoms with Crippen LogP contribution in [0.1, 0.15) is 25.7 Å². The predicted molar refractivity (Wildman–Crippen MR) is 88.7 cm³/mol. The van der Waals surface area contributed by atoms with Gasteiger partial charge in [0, 0.05) is 38.8 Å². The number of morpholine rings is 1. The van der Waals surface area contributed by atoms with Crippen LogP contribution in [0, 0.1) is 5.92 Å². The van der Waals surface area contributed by atoms with Gasteiger partial charge in [-0.1, -0.05) is 0 Å². The summed E-state index contributed by atoms with van der Waals surface area (Å²) in [4.78, 5) is 30.5. The second-order valence-electron chi connectivity index (χ2n) is 6.96. The number of rotatable bonds is 2. The van der Waals surface area contributed by atoms with Gasteiger partial charge < -0.3 is 19.3 Å². The van der Waals surface area contributed by atoms with Gasteiger partial charge in [0.1, 0.15) is 0 Å². The SMILES string of the molecule is COC(=O)N1CCC(N2CCC[C@H](C(=O)N3CCOCC3)C2)CC1. The minimum Gasteiger partial charge on any atom is -0.453 e. The zero-order valence-electron chi connectivity index (χ0n) is 14.6. The molecule has 1 atom stereocenters. The van der Waals surface area contributed by atoms with Crippen molar-refractivity contribution in [1.82, 2.24) is 14.7 Å². The number of likely N-dealkylation sites (tertiary alicyclic amines) is 2. The van der Waals surface area contributed by atoms with Crippen molar-refractivity contribution in [2.45, 2.75) is 31.7 Å². The van der Waals surface area contributed by atoms with E-state index in [9.17, 15) is 9.59 Å². The van der Waals surface area contributed by atoms with Gasteiger partial charge in [0.25, 0.3) is 0 Å². The van der Waals surface area contributed by atoms with Gasteiger partial charge >= 0.3 is 6.09 Å². The molecule has 136 valence electrons. The van der Waals surface area contributed by atoms with E-state index in [0.717, 1.165) is 65.0 Å². The molecule has 3 aliphatic rings. The van der Waals surface area contributed by atoms with Crippen molar-refractivity contribution in [2.75, 3.05) is 59.6 Å². The standard InChI is InChI=1S/C17H29N3O4/c1-23-17(22)19-7-4-15(5-8-19)20-6-2-3-14(13-20)16(21)18-9-11-24-12-10-18/h14-15H,2-13H2,1H3/t14-/m0/s1. The Kier molecular flexibility index (Phi) is 5.94. The maximum Gasteiger partial charge on any atom is 0.409 e. The summed E-state index contributed by atoms with van der Waals surface area (Å²) in [6.45, 7) is 6.20. The minimum absolute atomic E-state index is 0.121. The molecule has 7 heteroatoms. The van der Waals surface area contributed by atoms with Gasteiger partial charge in [-0.2, -0.15) is 0 Å². The normalized spacial score (nSPS) is 27.1. The topological polar surface area (TPSA) is 62.3 Å². The summed E-state index contributed by atoms with van der Waals surface area (Å²) in [7, 11) is 1.43. The number of ether oxygens (including phenoxy) is 2.